The Labute approximate surface area is 300 Å². The second kappa shape index (κ2) is 10.7. The minimum absolute atomic E-state index is 0. The number of anilines is 2. The summed E-state index contributed by atoms with van der Waals surface area (Å²) < 4.78 is 19.7. The number of nitrogens with zero attached hydrogens (tertiary/aromatic N) is 3. The predicted octanol–water partition coefficient (Wildman–Crippen LogP) is 11.1. The Kier molecular flexibility index (Phi) is 6.94. The molecule has 5 heterocycles. The fourth-order valence-corrected chi connectivity index (χ4v) is 7.21. The van der Waals surface area contributed by atoms with Crippen LogP contribution < -0.4 is 14.5 Å². The number of aromatic nitrogens is 1. The van der Waals surface area contributed by atoms with Gasteiger partial charge in [-0.05, 0) is 64.0 Å². The van der Waals surface area contributed by atoms with Crippen molar-refractivity contribution in [2.45, 2.75) is 59.3 Å². The van der Waals surface area contributed by atoms with Gasteiger partial charge in [0, 0.05) is 49.8 Å². The summed E-state index contributed by atoms with van der Waals surface area (Å²) in [5.74, 6) is 1.04. The van der Waals surface area contributed by atoms with Crippen LogP contribution in [0.25, 0.3) is 44.4 Å². The van der Waals surface area contributed by atoms with E-state index in [0.29, 0.717) is 22.7 Å². The standard InChI is InChI=1S/C42H36N3O3.Pt/c1-40(2,3)25-18-19-43-30(20-25)28-22-34(39-37-36-32(47-38(28)37)14-11-15-33(36)48-39)46-27-16-17-29-31(21-27)45-24-44(26-12-9-8-10-13-26)23-35(45)42(6,7)41(29,4)5;/h8-20,23-24H,1-7H3;/q-3;. The minimum atomic E-state index is -0.177. The first kappa shape index (κ1) is 31.7. The van der Waals surface area contributed by atoms with Crippen LogP contribution in [0.15, 0.2) is 99.7 Å². The normalized spacial score (nSPS) is 16.6. The van der Waals surface area contributed by atoms with Crippen LogP contribution in [-0.4, -0.2) is 4.98 Å². The molecule has 2 aliphatic rings. The van der Waals surface area contributed by atoms with Crippen LogP contribution in [0.4, 0.5) is 11.4 Å². The number of hydrogen-bond acceptors (Lipinski definition) is 6. The Morgan fingerprint density at radius 2 is 1.55 bits per heavy atom. The molecule has 7 heteroatoms. The molecule has 9 rings (SSSR count). The zero-order valence-corrected chi connectivity index (χ0v) is 30.8. The van der Waals surface area contributed by atoms with Gasteiger partial charge in [-0.2, -0.15) is 6.07 Å². The number of hydrogen-bond donors (Lipinski definition) is 0. The number of allylic oxidation sites excluding steroid dienone is 1. The van der Waals surface area contributed by atoms with E-state index in [9.17, 15) is 0 Å². The number of furan rings is 2. The van der Waals surface area contributed by atoms with Crippen molar-refractivity contribution in [1.82, 2.24) is 4.98 Å². The third-order valence-electron chi connectivity index (χ3n) is 10.7. The fourth-order valence-electron chi connectivity index (χ4n) is 7.21. The van der Waals surface area contributed by atoms with Crippen molar-refractivity contribution in [3.63, 3.8) is 0 Å². The van der Waals surface area contributed by atoms with E-state index in [-0.39, 0.29) is 37.3 Å². The van der Waals surface area contributed by atoms with Crippen LogP contribution in [0, 0.1) is 24.2 Å². The molecule has 0 bridgehead atoms. The Balaban J connectivity index is 0.00000348. The van der Waals surface area contributed by atoms with Gasteiger partial charge >= 0.3 is 0 Å². The summed E-state index contributed by atoms with van der Waals surface area (Å²) >= 11 is 0. The van der Waals surface area contributed by atoms with Gasteiger partial charge in [0.05, 0.1) is 22.3 Å². The van der Waals surface area contributed by atoms with Gasteiger partial charge in [0.1, 0.15) is 11.2 Å². The van der Waals surface area contributed by atoms with Crippen LogP contribution >= 0.6 is 0 Å². The second-order valence-corrected chi connectivity index (χ2v) is 15.1. The summed E-state index contributed by atoms with van der Waals surface area (Å²) in [7, 11) is 0. The smallest absolute Gasteiger partial charge is 0.125 e. The molecule has 0 atom stereocenters. The van der Waals surface area contributed by atoms with E-state index < -0.39 is 0 Å². The van der Waals surface area contributed by atoms with Gasteiger partial charge < -0.3 is 28.4 Å². The van der Waals surface area contributed by atoms with Crippen LogP contribution in [0.5, 0.6) is 11.5 Å². The third-order valence-corrected chi connectivity index (χ3v) is 10.7. The average molecular weight is 826 g/mol. The maximum Gasteiger partial charge on any atom is 0.125 e. The maximum absolute atomic E-state index is 6.74. The van der Waals surface area contributed by atoms with E-state index in [1.807, 2.05) is 36.5 Å². The van der Waals surface area contributed by atoms with Gasteiger partial charge in [-0.15, -0.1) is 24.4 Å². The largest absolute Gasteiger partial charge is 0.500 e. The predicted molar refractivity (Wildman–Crippen MR) is 191 cm³/mol. The quantitative estimate of drug-likeness (QED) is 0.165. The molecule has 250 valence electrons. The van der Waals surface area contributed by atoms with Crippen LogP contribution in [0.3, 0.4) is 0 Å². The van der Waals surface area contributed by atoms with Crippen molar-refractivity contribution in [2.24, 2.45) is 5.41 Å². The van der Waals surface area contributed by atoms with Crippen LogP contribution in [0.1, 0.15) is 59.6 Å². The van der Waals surface area contributed by atoms with Crippen molar-refractivity contribution < 1.29 is 34.6 Å². The molecule has 7 aromatic rings. The molecule has 0 spiro atoms. The summed E-state index contributed by atoms with van der Waals surface area (Å²) in [4.78, 5) is 9.22. The van der Waals surface area contributed by atoms with Gasteiger partial charge in [-0.25, -0.2) is 0 Å². The molecule has 0 N–H and O–H groups in total. The zero-order valence-electron chi connectivity index (χ0n) is 28.5. The summed E-state index contributed by atoms with van der Waals surface area (Å²) in [5.41, 5.74) is 9.57. The molecule has 0 unspecified atom stereocenters. The molecule has 49 heavy (non-hydrogen) atoms. The number of benzene rings is 4. The first-order valence-corrected chi connectivity index (χ1v) is 16.5. The molecule has 2 aliphatic heterocycles. The SMILES string of the molecule is CC(C)(C)c1ccnc(-c2[c-]c(Oc3[c-]c4c(cc3)C(C)(C)C(C)(C)C3=CN(c5ccccc5)[CH-]N34)c3oc4cccc5oc2c3c45)c1.[Pt]. The average Bonchev–Trinajstić information content (AvgIpc) is 3.80. The van der Waals surface area contributed by atoms with Gasteiger partial charge in [-0.1, -0.05) is 96.1 Å². The topological polar surface area (TPSA) is 54.9 Å². The summed E-state index contributed by atoms with van der Waals surface area (Å²) in [6, 6.07) is 31.9. The van der Waals surface area contributed by atoms with E-state index in [4.69, 9.17) is 18.6 Å². The number of rotatable bonds is 4. The molecular formula is C42H36N3O3Pt-3. The molecule has 3 aromatic heterocycles. The van der Waals surface area contributed by atoms with E-state index in [1.165, 1.54) is 16.8 Å². The minimum Gasteiger partial charge on any atom is -0.500 e. The monoisotopic (exact) mass is 825 g/mol. The first-order valence-electron chi connectivity index (χ1n) is 16.5. The number of pyridine rings is 1. The molecule has 0 aliphatic carbocycles. The third kappa shape index (κ3) is 4.60. The summed E-state index contributed by atoms with van der Waals surface area (Å²) in [6.45, 7) is 18.0. The Hall–Kier alpha value is -4.54. The maximum atomic E-state index is 6.74. The zero-order chi connectivity index (χ0) is 33.2. The molecule has 6 nitrogen and oxygen atoms in total. The van der Waals surface area contributed by atoms with Crippen molar-refractivity contribution in [3.05, 3.63) is 121 Å². The van der Waals surface area contributed by atoms with Gasteiger partial charge in [-0.3, -0.25) is 0 Å². The Morgan fingerprint density at radius 3 is 2.29 bits per heavy atom. The van der Waals surface area contributed by atoms with Gasteiger partial charge in [0.15, 0.2) is 0 Å². The molecule has 0 fully saturated rings. The molecule has 0 radical (unpaired) electrons. The fraction of sp³-hybridized carbons (Fsp3) is 0.238. The van der Waals surface area contributed by atoms with Gasteiger partial charge in [0.25, 0.3) is 0 Å². The molecular weight excluding hydrogens is 790 g/mol. The second-order valence-electron chi connectivity index (χ2n) is 15.1. The van der Waals surface area contributed by atoms with Crippen LogP contribution in [0.2, 0.25) is 0 Å². The van der Waals surface area contributed by atoms with E-state index in [0.717, 1.165) is 44.6 Å². The van der Waals surface area contributed by atoms with Crippen molar-refractivity contribution in [2.75, 3.05) is 9.80 Å². The summed E-state index contributed by atoms with van der Waals surface area (Å²) in [6.07, 6.45) is 4.09. The Bertz CT molecular complexity index is 2410. The van der Waals surface area contributed by atoms with Gasteiger partial charge in [0.2, 0.25) is 0 Å². The van der Waals surface area contributed by atoms with E-state index >= 15 is 0 Å². The van der Waals surface area contributed by atoms with E-state index in [1.54, 1.807) is 0 Å². The molecule has 4 aromatic carbocycles. The molecule has 0 saturated heterocycles. The first-order chi connectivity index (χ1) is 22.9. The van der Waals surface area contributed by atoms with Crippen LogP contribution in [-0.2, 0) is 31.9 Å². The molecule has 0 amide bonds. The van der Waals surface area contributed by atoms with E-state index in [2.05, 4.69) is 126 Å². The number of fused-ring (bicyclic) bond motifs is 3. The summed E-state index contributed by atoms with van der Waals surface area (Å²) in [5, 5.41) is 1.82. The molecule has 0 saturated carbocycles. The van der Waals surface area contributed by atoms with Crippen molar-refractivity contribution in [1.29, 1.82) is 0 Å². The number of para-hydroxylation sites is 1. The van der Waals surface area contributed by atoms with Crippen molar-refractivity contribution >= 4 is 44.5 Å². The number of ether oxygens (including phenoxy) is 1. The van der Waals surface area contributed by atoms with Crippen molar-refractivity contribution in [3.8, 4) is 22.8 Å². The Morgan fingerprint density at radius 1 is 0.816 bits per heavy atom.